The van der Waals surface area contributed by atoms with Crippen molar-refractivity contribution in [3.05, 3.63) is 36.1 Å². The number of hydrogen-bond donors (Lipinski definition) is 1. The summed E-state index contributed by atoms with van der Waals surface area (Å²) in [5.41, 5.74) is 0.765. The molecule has 0 spiro atoms. The fourth-order valence-electron chi connectivity index (χ4n) is 2.89. The number of benzene rings is 1. The molecule has 0 aliphatic carbocycles. The van der Waals surface area contributed by atoms with Gasteiger partial charge in [0.2, 0.25) is 5.91 Å². The van der Waals surface area contributed by atoms with Gasteiger partial charge in [0.05, 0.1) is 19.8 Å². The van der Waals surface area contributed by atoms with E-state index in [2.05, 4.69) is 5.32 Å². The largest absolute Gasteiger partial charge is 0.461 e. The summed E-state index contributed by atoms with van der Waals surface area (Å²) in [5, 5.41) is 3.65. The van der Waals surface area contributed by atoms with Crippen LogP contribution in [0.15, 0.2) is 34.7 Å². The summed E-state index contributed by atoms with van der Waals surface area (Å²) in [6, 6.07) is 8.52. The third-order valence-electron chi connectivity index (χ3n) is 4.07. The highest BCUT2D eigenvalue weighted by molar-refractivity contribution is 5.82. The van der Waals surface area contributed by atoms with Crippen molar-refractivity contribution < 1.29 is 27.1 Å². The number of amides is 1. The maximum Gasteiger partial charge on any atom is 0.401 e. The highest BCUT2D eigenvalue weighted by atomic mass is 19.4. The zero-order valence-electron chi connectivity index (χ0n) is 13.5. The van der Waals surface area contributed by atoms with Gasteiger partial charge in [-0.1, -0.05) is 18.2 Å². The van der Waals surface area contributed by atoms with Crippen molar-refractivity contribution in [2.24, 2.45) is 0 Å². The number of rotatable bonds is 5. The lowest BCUT2D eigenvalue weighted by molar-refractivity contribution is -0.166. The van der Waals surface area contributed by atoms with Gasteiger partial charge in [0, 0.05) is 24.9 Å². The fourth-order valence-corrected chi connectivity index (χ4v) is 2.89. The van der Waals surface area contributed by atoms with E-state index in [4.69, 9.17) is 9.15 Å². The van der Waals surface area contributed by atoms with E-state index in [9.17, 15) is 18.0 Å². The van der Waals surface area contributed by atoms with Gasteiger partial charge in [-0.3, -0.25) is 9.69 Å². The molecule has 1 atom stereocenters. The Balaban J connectivity index is 1.53. The minimum Gasteiger partial charge on any atom is -0.461 e. The molecule has 25 heavy (non-hydrogen) atoms. The predicted octanol–water partition coefficient (Wildman–Crippen LogP) is 2.35. The molecule has 1 aliphatic rings. The molecular weight excluding hydrogens is 337 g/mol. The normalized spacial score (nSPS) is 19.2. The summed E-state index contributed by atoms with van der Waals surface area (Å²) in [6.45, 7) is -0.584. The molecule has 1 aromatic carbocycles. The molecule has 1 N–H and O–H groups in total. The average Bonchev–Trinajstić information content (AvgIpc) is 2.96. The molecule has 0 unspecified atom stereocenters. The van der Waals surface area contributed by atoms with E-state index in [1.165, 1.54) is 0 Å². The summed E-state index contributed by atoms with van der Waals surface area (Å²) in [6.07, 6.45) is -3.88. The zero-order chi connectivity index (χ0) is 17.9. The van der Waals surface area contributed by atoms with Gasteiger partial charge >= 0.3 is 6.18 Å². The lowest BCUT2D eigenvalue weighted by atomic mass is 10.2. The molecule has 2 aromatic rings. The highest BCUT2D eigenvalue weighted by Gasteiger charge is 2.38. The number of halogens is 3. The quantitative estimate of drug-likeness (QED) is 0.894. The van der Waals surface area contributed by atoms with Gasteiger partial charge in [-0.05, 0) is 12.1 Å². The zero-order valence-corrected chi connectivity index (χ0v) is 13.5. The summed E-state index contributed by atoms with van der Waals surface area (Å²) >= 11 is 0. The Bertz CT molecular complexity index is 696. The molecule has 3 rings (SSSR count). The topological polar surface area (TPSA) is 54.7 Å². The lowest BCUT2D eigenvalue weighted by Crippen LogP contribution is -2.56. The molecule has 0 saturated carbocycles. The number of morpholine rings is 1. The van der Waals surface area contributed by atoms with E-state index in [0.717, 1.165) is 15.9 Å². The van der Waals surface area contributed by atoms with Crippen LogP contribution in [-0.2, 0) is 16.0 Å². The number of alkyl halides is 3. The van der Waals surface area contributed by atoms with Gasteiger partial charge in [-0.25, -0.2) is 0 Å². The number of ether oxygens (including phenoxy) is 1. The van der Waals surface area contributed by atoms with E-state index in [0.29, 0.717) is 12.2 Å². The second-order valence-corrected chi connectivity index (χ2v) is 5.97. The summed E-state index contributed by atoms with van der Waals surface area (Å²) < 4.78 is 48.7. The second kappa shape index (κ2) is 7.45. The monoisotopic (exact) mass is 356 g/mol. The summed E-state index contributed by atoms with van der Waals surface area (Å²) in [5.74, 6) is 0.258. The molecule has 1 aromatic heterocycles. The third-order valence-corrected chi connectivity index (χ3v) is 4.07. The van der Waals surface area contributed by atoms with Crippen molar-refractivity contribution in [2.45, 2.75) is 18.6 Å². The molecule has 136 valence electrons. The minimum atomic E-state index is -4.34. The van der Waals surface area contributed by atoms with E-state index < -0.39 is 24.7 Å². The number of fused-ring (bicyclic) bond motifs is 1. The van der Waals surface area contributed by atoms with E-state index in [1.54, 1.807) is 0 Å². The summed E-state index contributed by atoms with van der Waals surface area (Å²) in [4.78, 5) is 13.3. The Hall–Kier alpha value is -2.06. The molecule has 2 heterocycles. The highest BCUT2D eigenvalue weighted by Crippen LogP contribution is 2.20. The van der Waals surface area contributed by atoms with Gasteiger partial charge in [0.15, 0.2) is 0 Å². The number of furan rings is 1. The van der Waals surface area contributed by atoms with Crippen molar-refractivity contribution in [1.29, 1.82) is 0 Å². The fraction of sp³-hybridized carbons (Fsp3) is 0.471. The van der Waals surface area contributed by atoms with Crippen molar-refractivity contribution in [3.8, 4) is 0 Å². The Morgan fingerprint density at radius 2 is 2.12 bits per heavy atom. The van der Waals surface area contributed by atoms with Crippen LogP contribution in [0.5, 0.6) is 0 Å². The molecule has 8 heteroatoms. The van der Waals surface area contributed by atoms with Gasteiger partial charge in [-0.15, -0.1) is 0 Å². The van der Waals surface area contributed by atoms with Crippen LogP contribution >= 0.6 is 0 Å². The maximum atomic E-state index is 12.6. The average molecular weight is 356 g/mol. The molecule has 0 bridgehead atoms. The standard InChI is InChI=1S/C17H19F3N2O3/c18-17(19,20)11-22-7-8-24-10-14(22)16(23)21-6-5-13-9-12-3-1-2-4-15(12)25-13/h1-4,9,14H,5-8,10-11H2,(H,21,23)/t14-/m1/s1. The Morgan fingerprint density at radius 1 is 1.32 bits per heavy atom. The molecule has 0 radical (unpaired) electrons. The van der Waals surface area contributed by atoms with Crippen LogP contribution in [0.1, 0.15) is 5.76 Å². The van der Waals surface area contributed by atoms with Crippen LogP contribution in [0.3, 0.4) is 0 Å². The summed E-state index contributed by atoms with van der Waals surface area (Å²) in [7, 11) is 0. The lowest BCUT2D eigenvalue weighted by Gasteiger charge is -2.34. The Labute approximate surface area is 142 Å². The molecular formula is C17H19F3N2O3. The third kappa shape index (κ3) is 4.73. The Kier molecular flexibility index (Phi) is 5.29. The number of para-hydroxylation sites is 1. The van der Waals surface area contributed by atoms with Gasteiger partial charge < -0.3 is 14.5 Å². The van der Waals surface area contributed by atoms with Crippen molar-refractivity contribution in [1.82, 2.24) is 10.2 Å². The number of carbonyl (C=O) groups excluding carboxylic acids is 1. The van der Waals surface area contributed by atoms with Gasteiger partial charge in [0.1, 0.15) is 17.4 Å². The number of nitrogens with zero attached hydrogens (tertiary/aromatic N) is 1. The van der Waals surface area contributed by atoms with Crippen LogP contribution < -0.4 is 5.32 Å². The van der Waals surface area contributed by atoms with Gasteiger partial charge in [-0.2, -0.15) is 13.2 Å². The molecule has 1 aliphatic heterocycles. The van der Waals surface area contributed by atoms with Crippen LogP contribution in [0, 0.1) is 0 Å². The molecule has 1 fully saturated rings. The molecule has 1 saturated heterocycles. The first-order chi connectivity index (χ1) is 11.9. The first-order valence-corrected chi connectivity index (χ1v) is 8.06. The van der Waals surface area contributed by atoms with E-state index in [1.807, 2.05) is 30.3 Å². The van der Waals surface area contributed by atoms with Crippen molar-refractivity contribution in [2.75, 3.05) is 32.8 Å². The van der Waals surface area contributed by atoms with Crippen LogP contribution in [0.2, 0.25) is 0 Å². The Morgan fingerprint density at radius 3 is 2.88 bits per heavy atom. The first-order valence-electron chi connectivity index (χ1n) is 8.06. The number of hydrogen-bond acceptors (Lipinski definition) is 4. The molecule has 1 amide bonds. The van der Waals surface area contributed by atoms with Gasteiger partial charge in [0.25, 0.3) is 0 Å². The first kappa shape index (κ1) is 17.8. The predicted molar refractivity (Wildman–Crippen MR) is 85.2 cm³/mol. The van der Waals surface area contributed by atoms with E-state index >= 15 is 0 Å². The SMILES string of the molecule is O=C(NCCc1cc2ccccc2o1)[C@H]1COCCN1CC(F)(F)F. The maximum absolute atomic E-state index is 12.6. The van der Waals surface area contributed by atoms with Crippen LogP contribution in [0.4, 0.5) is 13.2 Å². The number of carbonyl (C=O) groups is 1. The van der Waals surface area contributed by atoms with Crippen LogP contribution in [-0.4, -0.2) is 55.9 Å². The van der Waals surface area contributed by atoms with E-state index in [-0.39, 0.29) is 26.3 Å². The number of nitrogens with one attached hydrogen (secondary N) is 1. The smallest absolute Gasteiger partial charge is 0.401 e. The minimum absolute atomic E-state index is 0.0352. The second-order valence-electron chi connectivity index (χ2n) is 5.97. The molecule has 5 nitrogen and oxygen atoms in total. The van der Waals surface area contributed by atoms with Crippen LogP contribution in [0.25, 0.3) is 11.0 Å². The van der Waals surface area contributed by atoms with Crippen molar-refractivity contribution >= 4 is 16.9 Å². The van der Waals surface area contributed by atoms with Crippen molar-refractivity contribution in [3.63, 3.8) is 0 Å².